The SMILES string of the molecule is CNCC1CCc2cccc(C)c2N1C. The fourth-order valence-corrected chi connectivity index (χ4v) is 2.60. The Labute approximate surface area is 92.3 Å². The molecule has 0 bridgehead atoms. The van der Waals surface area contributed by atoms with E-state index in [1.807, 2.05) is 7.05 Å². The van der Waals surface area contributed by atoms with Crippen LogP contribution in [0.25, 0.3) is 0 Å². The second kappa shape index (κ2) is 4.23. The van der Waals surface area contributed by atoms with Gasteiger partial charge in [0.2, 0.25) is 0 Å². The first kappa shape index (κ1) is 10.5. The van der Waals surface area contributed by atoms with Crippen molar-refractivity contribution in [2.45, 2.75) is 25.8 Å². The van der Waals surface area contributed by atoms with Gasteiger partial charge in [-0.3, -0.25) is 0 Å². The third-order valence-electron chi connectivity index (χ3n) is 3.41. The van der Waals surface area contributed by atoms with E-state index in [-0.39, 0.29) is 0 Å². The van der Waals surface area contributed by atoms with Crippen molar-refractivity contribution in [2.75, 3.05) is 25.5 Å². The van der Waals surface area contributed by atoms with E-state index in [0.717, 1.165) is 6.54 Å². The Morgan fingerprint density at radius 2 is 2.27 bits per heavy atom. The van der Waals surface area contributed by atoms with Crippen LogP contribution < -0.4 is 10.2 Å². The normalized spacial score (nSPS) is 20.2. The maximum absolute atomic E-state index is 3.28. The van der Waals surface area contributed by atoms with Crippen LogP contribution in [-0.2, 0) is 6.42 Å². The molecule has 0 aliphatic carbocycles. The lowest BCUT2D eigenvalue weighted by molar-refractivity contribution is 0.529. The second-order valence-corrected chi connectivity index (χ2v) is 4.44. The van der Waals surface area contributed by atoms with Crippen molar-refractivity contribution < 1.29 is 0 Å². The van der Waals surface area contributed by atoms with E-state index in [9.17, 15) is 0 Å². The average molecular weight is 204 g/mol. The third kappa shape index (κ3) is 1.86. The quantitative estimate of drug-likeness (QED) is 0.792. The zero-order chi connectivity index (χ0) is 10.8. The van der Waals surface area contributed by atoms with E-state index in [0.29, 0.717) is 6.04 Å². The van der Waals surface area contributed by atoms with Gasteiger partial charge in [0.15, 0.2) is 0 Å². The number of nitrogens with zero attached hydrogens (tertiary/aromatic N) is 1. The van der Waals surface area contributed by atoms with Crippen molar-refractivity contribution in [3.63, 3.8) is 0 Å². The first-order valence-corrected chi connectivity index (χ1v) is 5.70. The van der Waals surface area contributed by atoms with Crippen LogP contribution in [0.3, 0.4) is 0 Å². The Bertz CT molecular complexity index is 346. The molecule has 0 spiro atoms. The van der Waals surface area contributed by atoms with Gasteiger partial charge in [-0.2, -0.15) is 0 Å². The van der Waals surface area contributed by atoms with Gasteiger partial charge in [0.1, 0.15) is 0 Å². The largest absolute Gasteiger partial charge is 0.370 e. The summed E-state index contributed by atoms with van der Waals surface area (Å²) in [5.74, 6) is 0. The molecule has 0 amide bonds. The van der Waals surface area contributed by atoms with Gasteiger partial charge in [0.25, 0.3) is 0 Å². The van der Waals surface area contributed by atoms with Crippen molar-refractivity contribution in [2.24, 2.45) is 0 Å². The van der Waals surface area contributed by atoms with E-state index < -0.39 is 0 Å². The number of para-hydroxylation sites is 1. The van der Waals surface area contributed by atoms with Crippen LogP contribution in [0.1, 0.15) is 17.5 Å². The molecular formula is C13H20N2. The molecule has 2 nitrogen and oxygen atoms in total. The van der Waals surface area contributed by atoms with Gasteiger partial charge >= 0.3 is 0 Å². The fraction of sp³-hybridized carbons (Fsp3) is 0.538. The van der Waals surface area contributed by atoms with E-state index in [1.54, 1.807) is 0 Å². The van der Waals surface area contributed by atoms with Crippen molar-refractivity contribution in [3.05, 3.63) is 29.3 Å². The molecule has 2 heteroatoms. The summed E-state index contributed by atoms with van der Waals surface area (Å²) in [4.78, 5) is 2.44. The minimum atomic E-state index is 0.642. The highest BCUT2D eigenvalue weighted by Gasteiger charge is 2.23. The minimum Gasteiger partial charge on any atom is -0.370 e. The summed E-state index contributed by atoms with van der Waals surface area (Å²) in [7, 11) is 4.24. The number of hydrogen-bond donors (Lipinski definition) is 1. The van der Waals surface area contributed by atoms with Crippen molar-refractivity contribution >= 4 is 5.69 Å². The molecule has 1 aliphatic heterocycles. The highest BCUT2D eigenvalue weighted by atomic mass is 15.2. The summed E-state index contributed by atoms with van der Waals surface area (Å²) >= 11 is 0. The zero-order valence-corrected chi connectivity index (χ0v) is 9.88. The van der Waals surface area contributed by atoms with Gasteiger partial charge in [0.05, 0.1) is 0 Å². The van der Waals surface area contributed by atoms with Crippen LogP contribution in [0.2, 0.25) is 0 Å². The Morgan fingerprint density at radius 3 is 3.00 bits per heavy atom. The molecule has 1 unspecified atom stereocenters. The molecule has 1 aromatic carbocycles. The predicted molar refractivity (Wildman–Crippen MR) is 65.6 cm³/mol. The summed E-state index contributed by atoms with van der Waals surface area (Å²) in [6, 6.07) is 7.27. The first-order valence-electron chi connectivity index (χ1n) is 5.70. The summed E-state index contributed by atoms with van der Waals surface area (Å²) in [6.07, 6.45) is 2.47. The van der Waals surface area contributed by atoms with Crippen LogP contribution in [0, 0.1) is 6.92 Å². The summed E-state index contributed by atoms with van der Waals surface area (Å²) < 4.78 is 0. The first-order chi connectivity index (χ1) is 7.24. The second-order valence-electron chi connectivity index (χ2n) is 4.44. The number of aryl methyl sites for hydroxylation is 2. The minimum absolute atomic E-state index is 0.642. The lowest BCUT2D eigenvalue weighted by atomic mass is 9.94. The van der Waals surface area contributed by atoms with Crippen LogP contribution >= 0.6 is 0 Å². The molecule has 0 radical (unpaired) electrons. The van der Waals surface area contributed by atoms with Gasteiger partial charge in [-0.1, -0.05) is 18.2 Å². The molecule has 2 rings (SSSR count). The van der Waals surface area contributed by atoms with Crippen LogP contribution in [-0.4, -0.2) is 26.7 Å². The molecule has 82 valence electrons. The molecular weight excluding hydrogens is 184 g/mol. The van der Waals surface area contributed by atoms with Gasteiger partial charge in [0, 0.05) is 25.3 Å². The average Bonchev–Trinajstić information content (AvgIpc) is 2.22. The number of fused-ring (bicyclic) bond motifs is 1. The summed E-state index contributed by atoms with van der Waals surface area (Å²) in [6.45, 7) is 3.28. The summed E-state index contributed by atoms with van der Waals surface area (Å²) in [5, 5.41) is 3.28. The fourth-order valence-electron chi connectivity index (χ4n) is 2.60. The summed E-state index contributed by atoms with van der Waals surface area (Å²) in [5.41, 5.74) is 4.35. The Balaban J connectivity index is 2.32. The number of nitrogens with one attached hydrogen (secondary N) is 1. The molecule has 0 saturated carbocycles. The number of likely N-dealkylation sites (N-methyl/N-ethyl adjacent to an activating group) is 2. The molecule has 1 N–H and O–H groups in total. The topological polar surface area (TPSA) is 15.3 Å². The molecule has 1 atom stereocenters. The maximum atomic E-state index is 3.28. The molecule has 1 heterocycles. The highest BCUT2D eigenvalue weighted by molar-refractivity contribution is 5.61. The van der Waals surface area contributed by atoms with Gasteiger partial charge < -0.3 is 10.2 Å². The Morgan fingerprint density at radius 1 is 1.47 bits per heavy atom. The van der Waals surface area contributed by atoms with Crippen molar-refractivity contribution in [1.82, 2.24) is 5.32 Å². The van der Waals surface area contributed by atoms with Gasteiger partial charge in [-0.25, -0.2) is 0 Å². The number of rotatable bonds is 2. The number of anilines is 1. The van der Waals surface area contributed by atoms with Crippen LogP contribution in [0.5, 0.6) is 0 Å². The smallest absolute Gasteiger partial charge is 0.0428 e. The Hall–Kier alpha value is -1.02. The zero-order valence-electron chi connectivity index (χ0n) is 9.88. The number of hydrogen-bond acceptors (Lipinski definition) is 2. The lowest BCUT2D eigenvalue weighted by Crippen LogP contribution is -2.42. The monoisotopic (exact) mass is 204 g/mol. The Kier molecular flexibility index (Phi) is 2.96. The van der Waals surface area contributed by atoms with Crippen molar-refractivity contribution in [1.29, 1.82) is 0 Å². The van der Waals surface area contributed by atoms with E-state index in [1.165, 1.54) is 29.7 Å². The molecule has 0 fully saturated rings. The molecule has 0 aromatic heterocycles. The standard InChI is InChI=1S/C13H20N2/c1-10-5-4-6-11-7-8-12(9-14-2)15(3)13(10)11/h4-6,12,14H,7-9H2,1-3H3. The lowest BCUT2D eigenvalue weighted by Gasteiger charge is -2.37. The number of benzene rings is 1. The van der Waals surface area contributed by atoms with Crippen molar-refractivity contribution in [3.8, 4) is 0 Å². The van der Waals surface area contributed by atoms with E-state index in [2.05, 4.69) is 42.4 Å². The van der Waals surface area contributed by atoms with E-state index >= 15 is 0 Å². The third-order valence-corrected chi connectivity index (χ3v) is 3.41. The van der Waals surface area contributed by atoms with Gasteiger partial charge in [-0.05, 0) is 37.9 Å². The molecule has 15 heavy (non-hydrogen) atoms. The van der Waals surface area contributed by atoms with Crippen LogP contribution in [0.15, 0.2) is 18.2 Å². The predicted octanol–water partition coefficient (Wildman–Crippen LogP) is 1.97. The van der Waals surface area contributed by atoms with Gasteiger partial charge in [-0.15, -0.1) is 0 Å². The van der Waals surface area contributed by atoms with Crippen LogP contribution in [0.4, 0.5) is 5.69 Å². The highest BCUT2D eigenvalue weighted by Crippen LogP contribution is 2.31. The molecule has 1 aliphatic rings. The molecule has 1 aromatic rings. The van der Waals surface area contributed by atoms with E-state index in [4.69, 9.17) is 0 Å². The maximum Gasteiger partial charge on any atom is 0.0428 e. The molecule has 0 saturated heterocycles.